The van der Waals surface area contributed by atoms with E-state index in [1.807, 2.05) is 31.3 Å². The Hall–Kier alpha value is -3.81. The van der Waals surface area contributed by atoms with Gasteiger partial charge in [0.1, 0.15) is 5.75 Å². The number of Topliss-reactive ketones (excluding diaryl/α,β-unsaturated/α-hetero) is 1. The number of fused-ring (bicyclic) bond motifs is 1. The standard InChI is InChI=1S/C29H28F3N3O2/c1-20-28(26-4-2-3-17-35(26)33-20)27(36)14-7-21-5-10-24(11-6-21)34-18-15-23(16-19-34)22-8-12-25(13-9-22)37-29(30,31)32/h2-6,8-13,17,23H,7,14-16,18-19H2,1H3. The molecule has 0 amide bonds. The maximum Gasteiger partial charge on any atom is 0.573 e. The maximum atomic E-state index is 12.9. The van der Waals surface area contributed by atoms with Crippen LogP contribution < -0.4 is 9.64 Å². The average molecular weight is 508 g/mol. The summed E-state index contributed by atoms with van der Waals surface area (Å²) in [6.45, 7) is 3.62. The molecule has 0 bridgehead atoms. The van der Waals surface area contributed by atoms with Gasteiger partial charge in [-0.1, -0.05) is 30.3 Å². The van der Waals surface area contributed by atoms with Gasteiger partial charge in [0.15, 0.2) is 5.78 Å². The summed E-state index contributed by atoms with van der Waals surface area (Å²) >= 11 is 0. The second kappa shape index (κ2) is 10.3. The van der Waals surface area contributed by atoms with Gasteiger partial charge in [0.25, 0.3) is 0 Å². The molecule has 0 spiro atoms. The first-order chi connectivity index (χ1) is 17.8. The number of ketones is 1. The molecule has 1 saturated heterocycles. The fraction of sp³-hybridized carbons (Fsp3) is 0.310. The van der Waals surface area contributed by atoms with Crippen LogP contribution in [0.25, 0.3) is 5.52 Å². The summed E-state index contributed by atoms with van der Waals surface area (Å²) in [5.74, 6) is 0.219. The molecule has 4 aromatic rings. The predicted molar refractivity (Wildman–Crippen MR) is 136 cm³/mol. The monoisotopic (exact) mass is 507 g/mol. The van der Waals surface area contributed by atoms with Crippen molar-refractivity contribution in [1.82, 2.24) is 9.61 Å². The second-order valence-corrected chi connectivity index (χ2v) is 9.46. The number of hydrogen-bond donors (Lipinski definition) is 0. The first-order valence-corrected chi connectivity index (χ1v) is 12.4. The number of pyridine rings is 1. The number of ether oxygens (including phenoxy) is 1. The Labute approximate surface area is 213 Å². The molecular formula is C29H28F3N3O2. The number of aryl methyl sites for hydroxylation is 2. The Kier molecular flexibility index (Phi) is 6.91. The summed E-state index contributed by atoms with van der Waals surface area (Å²) in [5.41, 5.74) is 5.58. The summed E-state index contributed by atoms with van der Waals surface area (Å²) in [6.07, 6.45) is 0.118. The largest absolute Gasteiger partial charge is 0.573 e. The van der Waals surface area contributed by atoms with E-state index in [2.05, 4.69) is 39.0 Å². The third-order valence-corrected chi connectivity index (χ3v) is 7.02. The fourth-order valence-electron chi connectivity index (χ4n) is 5.13. The first-order valence-electron chi connectivity index (χ1n) is 12.4. The summed E-state index contributed by atoms with van der Waals surface area (Å²) in [6, 6.07) is 20.3. The van der Waals surface area contributed by atoms with Gasteiger partial charge in [0.2, 0.25) is 0 Å². The molecule has 37 heavy (non-hydrogen) atoms. The van der Waals surface area contributed by atoms with Crippen molar-refractivity contribution in [3.05, 3.63) is 95.3 Å². The van der Waals surface area contributed by atoms with Crippen molar-refractivity contribution in [3.63, 3.8) is 0 Å². The van der Waals surface area contributed by atoms with Crippen LogP contribution >= 0.6 is 0 Å². The van der Waals surface area contributed by atoms with Crippen LogP contribution in [0.1, 0.15) is 52.4 Å². The van der Waals surface area contributed by atoms with E-state index in [-0.39, 0.29) is 11.5 Å². The van der Waals surface area contributed by atoms with Crippen molar-refractivity contribution >= 4 is 17.0 Å². The van der Waals surface area contributed by atoms with E-state index >= 15 is 0 Å². The Bertz CT molecular complexity index is 1370. The third kappa shape index (κ3) is 5.79. The SMILES string of the molecule is Cc1nn2ccccc2c1C(=O)CCc1ccc(N2CCC(c3ccc(OC(F)(F)F)cc3)CC2)cc1. The van der Waals surface area contributed by atoms with Crippen LogP contribution in [0.4, 0.5) is 18.9 Å². The van der Waals surface area contributed by atoms with Crippen LogP contribution in [0, 0.1) is 6.92 Å². The molecule has 2 aromatic heterocycles. The minimum absolute atomic E-state index is 0.0999. The molecule has 8 heteroatoms. The van der Waals surface area contributed by atoms with E-state index < -0.39 is 6.36 Å². The van der Waals surface area contributed by atoms with E-state index in [0.717, 1.165) is 54.0 Å². The van der Waals surface area contributed by atoms with Gasteiger partial charge in [-0.3, -0.25) is 4.79 Å². The molecule has 0 unspecified atom stereocenters. The quantitative estimate of drug-likeness (QED) is 0.260. The molecule has 5 rings (SSSR count). The van der Waals surface area contributed by atoms with Crippen molar-refractivity contribution < 1.29 is 22.7 Å². The van der Waals surface area contributed by atoms with E-state index in [9.17, 15) is 18.0 Å². The molecule has 5 nitrogen and oxygen atoms in total. The lowest BCUT2D eigenvalue weighted by Crippen LogP contribution is -2.32. The highest BCUT2D eigenvalue weighted by Crippen LogP contribution is 2.32. The van der Waals surface area contributed by atoms with Gasteiger partial charge in [0.05, 0.1) is 16.8 Å². The van der Waals surface area contributed by atoms with Crippen LogP contribution in [0.15, 0.2) is 72.9 Å². The highest BCUT2D eigenvalue weighted by Gasteiger charge is 2.31. The number of benzene rings is 2. The topological polar surface area (TPSA) is 46.8 Å². The Morgan fingerprint density at radius 3 is 2.38 bits per heavy atom. The number of carbonyl (C=O) groups is 1. The number of rotatable bonds is 7. The molecule has 0 N–H and O–H groups in total. The highest BCUT2D eigenvalue weighted by atomic mass is 19.4. The third-order valence-electron chi connectivity index (χ3n) is 7.02. The number of piperidine rings is 1. The molecule has 0 radical (unpaired) electrons. The van der Waals surface area contributed by atoms with Crippen LogP contribution in [0.5, 0.6) is 5.75 Å². The fourth-order valence-corrected chi connectivity index (χ4v) is 5.13. The van der Waals surface area contributed by atoms with Crippen LogP contribution in [0.2, 0.25) is 0 Å². The lowest BCUT2D eigenvalue weighted by atomic mass is 9.89. The van der Waals surface area contributed by atoms with Crippen molar-refractivity contribution in [2.75, 3.05) is 18.0 Å². The summed E-state index contributed by atoms with van der Waals surface area (Å²) in [5, 5.41) is 4.44. The molecule has 0 atom stereocenters. The first kappa shape index (κ1) is 24.9. The lowest BCUT2D eigenvalue weighted by molar-refractivity contribution is -0.274. The van der Waals surface area contributed by atoms with E-state index in [1.165, 1.54) is 12.1 Å². The number of hydrogen-bond acceptors (Lipinski definition) is 4. The van der Waals surface area contributed by atoms with Gasteiger partial charge in [-0.25, -0.2) is 4.52 Å². The van der Waals surface area contributed by atoms with Gasteiger partial charge in [-0.2, -0.15) is 5.10 Å². The number of carbonyl (C=O) groups excluding carboxylic acids is 1. The molecule has 1 aliphatic rings. The Morgan fingerprint density at radius 2 is 1.70 bits per heavy atom. The van der Waals surface area contributed by atoms with Crippen molar-refractivity contribution in [3.8, 4) is 5.75 Å². The van der Waals surface area contributed by atoms with Gasteiger partial charge < -0.3 is 9.64 Å². The van der Waals surface area contributed by atoms with Gasteiger partial charge in [-0.05, 0) is 79.6 Å². The lowest BCUT2D eigenvalue weighted by Gasteiger charge is -2.34. The summed E-state index contributed by atoms with van der Waals surface area (Å²) in [7, 11) is 0. The summed E-state index contributed by atoms with van der Waals surface area (Å²) < 4.78 is 42.9. The molecule has 2 aromatic carbocycles. The molecule has 3 heterocycles. The van der Waals surface area contributed by atoms with Gasteiger partial charge in [0, 0.05) is 31.4 Å². The van der Waals surface area contributed by atoms with E-state index in [4.69, 9.17) is 0 Å². The van der Waals surface area contributed by atoms with Gasteiger partial charge in [-0.15, -0.1) is 13.2 Å². The highest BCUT2D eigenvalue weighted by molar-refractivity contribution is 6.03. The van der Waals surface area contributed by atoms with Gasteiger partial charge >= 0.3 is 6.36 Å². The van der Waals surface area contributed by atoms with Crippen LogP contribution in [-0.4, -0.2) is 34.8 Å². The number of halogens is 3. The zero-order valence-corrected chi connectivity index (χ0v) is 20.5. The second-order valence-electron chi connectivity index (χ2n) is 9.46. The van der Waals surface area contributed by atoms with Crippen LogP contribution in [0.3, 0.4) is 0 Å². The Morgan fingerprint density at radius 1 is 1.00 bits per heavy atom. The number of anilines is 1. The van der Waals surface area contributed by atoms with Crippen LogP contribution in [-0.2, 0) is 6.42 Å². The van der Waals surface area contributed by atoms with Crippen molar-refractivity contribution in [2.24, 2.45) is 0 Å². The zero-order valence-electron chi connectivity index (χ0n) is 20.5. The number of aromatic nitrogens is 2. The van der Waals surface area contributed by atoms with Crippen molar-refractivity contribution in [2.45, 2.75) is 44.9 Å². The average Bonchev–Trinajstić information content (AvgIpc) is 3.23. The molecule has 1 aliphatic heterocycles. The Balaban J connectivity index is 1.14. The number of nitrogens with zero attached hydrogens (tertiary/aromatic N) is 3. The molecular weight excluding hydrogens is 479 g/mol. The smallest absolute Gasteiger partial charge is 0.406 e. The predicted octanol–water partition coefficient (Wildman–Crippen LogP) is 6.74. The minimum atomic E-state index is -4.67. The van der Waals surface area contributed by atoms with E-state index in [1.54, 1.807) is 16.6 Å². The van der Waals surface area contributed by atoms with Crippen molar-refractivity contribution in [1.29, 1.82) is 0 Å². The van der Waals surface area contributed by atoms with E-state index in [0.29, 0.717) is 24.3 Å². The zero-order chi connectivity index (χ0) is 26.0. The summed E-state index contributed by atoms with van der Waals surface area (Å²) in [4.78, 5) is 15.3. The minimum Gasteiger partial charge on any atom is -0.406 e. The molecule has 192 valence electrons. The maximum absolute atomic E-state index is 12.9. The normalized spacial score (nSPS) is 14.8. The number of alkyl halides is 3. The molecule has 1 fully saturated rings. The molecule has 0 aliphatic carbocycles. The molecule has 0 saturated carbocycles.